The van der Waals surface area contributed by atoms with Crippen molar-refractivity contribution in [2.45, 2.75) is 44.9 Å². The van der Waals surface area contributed by atoms with Crippen LogP contribution in [0.1, 0.15) is 53.4 Å². The Morgan fingerprint density at radius 1 is 0.909 bits per heavy atom. The summed E-state index contributed by atoms with van der Waals surface area (Å²) in [4.78, 5) is 4.34. The van der Waals surface area contributed by atoms with Gasteiger partial charge in [-0.15, -0.1) is 0 Å². The van der Waals surface area contributed by atoms with Crippen LogP contribution in [0.3, 0.4) is 0 Å². The molecule has 0 aliphatic heterocycles. The fourth-order valence-electron chi connectivity index (χ4n) is 4.84. The SMILES string of the molecule is Cc1ccc(C2C3CCC(C3)C2c2ccc(N)nc2)cc1C. The topological polar surface area (TPSA) is 38.9 Å². The lowest BCUT2D eigenvalue weighted by atomic mass is 9.72. The van der Waals surface area contributed by atoms with E-state index in [1.54, 1.807) is 0 Å². The van der Waals surface area contributed by atoms with E-state index in [2.05, 4.69) is 43.1 Å². The number of rotatable bonds is 2. The van der Waals surface area contributed by atoms with E-state index in [0.29, 0.717) is 17.7 Å². The molecule has 114 valence electrons. The van der Waals surface area contributed by atoms with E-state index in [9.17, 15) is 0 Å². The maximum atomic E-state index is 5.77. The Kier molecular flexibility index (Phi) is 3.21. The largest absolute Gasteiger partial charge is 0.384 e. The standard InChI is InChI=1S/C20H24N2/c1-12-3-4-14(9-13(12)2)19-15-5-6-16(10-15)20(19)17-7-8-18(21)22-11-17/h3-4,7-9,11,15-16,19-20H,5-6,10H2,1-2H3,(H2,21,22). The van der Waals surface area contributed by atoms with Gasteiger partial charge in [-0.3, -0.25) is 0 Å². The lowest BCUT2D eigenvalue weighted by molar-refractivity contribution is 0.365. The summed E-state index contributed by atoms with van der Waals surface area (Å²) in [6.07, 6.45) is 6.16. The Morgan fingerprint density at radius 2 is 1.59 bits per heavy atom. The predicted octanol–water partition coefficient (Wildman–Crippen LogP) is 4.58. The van der Waals surface area contributed by atoms with Crippen molar-refractivity contribution in [3.05, 3.63) is 58.8 Å². The van der Waals surface area contributed by atoms with Gasteiger partial charge in [-0.1, -0.05) is 24.3 Å². The van der Waals surface area contributed by atoms with E-state index in [1.165, 1.54) is 41.5 Å². The molecule has 2 nitrogen and oxygen atoms in total. The number of fused-ring (bicyclic) bond motifs is 2. The van der Waals surface area contributed by atoms with Crippen LogP contribution in [-0.2, 0) is 0 Å². The average molecular weight is 292 g/mol. The van der Waals surface area contributed by atoms with Gasteiger partial charge in [0.25, 0.3) is 0 Å². The van der Waals surface area contributed by atoms with E-state index < -0.39 is 0 Å². The van der Waals surface area contributed by atoms with Crippen molar-refractivity contribution in [3.63, 3.8) is 0 Å². The molecule has 1 aromatic heterocycles. The van der Waals surface area contributed by atoms with Crippen molar-refractivity contribution in [2.75, 3.05) is 5.73 Å². The minimum Gasteiger partial charge on any atom is -0.384 e. The summed E-state index contributed by atoms with van der Waals surface area (Å²) in [5, 5.41) is 0. The molecule has 1 heterocycles. The number of anilines is 1. The monoisotopic (exact) mass is 292 g/mol. The van der Waals surface area contributed by atoms with E-state index >= 15 is 0 Å². The van der Waals surface area contributed by atoms with Gasteiger partial charge in [0.15, 0.2) is 0 Å². The molecular formula is C20H24N2. The minimum absolute atomic E-state index is 0.619. The molecule has 2 N–H and O–H groups in total. The molecule has 0 amide bonds. The Labute approximate surface area is 132 Å². The summed E-state index contributed by atoms with van der Waals surface area (Å²) in [5.74, 6) is 3.56. The van der Waals surface area contributed by atoms with Gasteiger partial charge in [0.05, 0.1) is 0 Å². The second-order valence-electron chi connectivity index (χ2n) is 7.24. The zero-order valence-electron chi connectivity index (χ0n) is 13.4. The highest BCUT2D eigenvalue weighted by molar-refractivity contribution is 5.39. The van der Waals surface area contributed by atoms with Crippen LogP contribution in [-0.4, -0.2) is 4.98 Å². The van der Waals surface area contributed by atoms with Crippen molar-refractivity contribution < 1.29 is 0 Å². The summed E-state index contributed by atoms with van der Waals surface area (Å²) in [7, 11) is 0. The maximum Gasteiger partial charge on any atom is 0.123 e. The molecule has 2 bridgehead atoms. The fraction of sp³-hybridized carbons (Fsp3) is 0.450. The minimum atomic E-state index is 0.619. The van der Waals surface area contributed by atoms with Gasteiger partial charge in [-0.25, -0.2) is 4.98 Å². The summed E-state index contributed by atoms with van der Waals surface area (Å²) in [5.41, 5.74) is 11.5. The summed E-state index contributed by atoms with van der Waals surface area (Å²) < 4.78 is 0. The van der Waals surface area contributed by atoms with Crippen LogP contribution in [0.15, 0.2) is 36.5 Å². The van der Waals surface area contributed by atoms with Gasteiger partial charge in [0.2, 0.25) is 0 Å². The van der Waals surface area contributed by atoms with Gasteiger partial charge in [0.1, 0.15) is 5.82 Å². The third-order valence-corrected chi connectivity index (χ3v) is 6.03. The molecule has 0 radical (unpaired) electrons. The number of aromatic nitrogens is 1. The highest BCUT2D eigenvalue weighted by Crippen LogP contribution is 2.60. The highest BCUT2D eigenvalue weighted by atomic mass is 14.8. The molecule has 4 atom stereocenters. The number of pyridine rings is 1. The van der Waals surface area contributed by atoms with E-state index in [0.717, 1.165) is 11.8 Å². The first kappa shape index (κ1) is 13.8. The molecule has 22 heavy (non-hydrogen) atoms. The Balaban J connectivity index is 1.75. The number of aryl methyl sites for hydroxylation is 2. The van der Waals surface area contributed by atoms with Crippen LogP contribution in [0.5, 0.6) is 0 Å². The zero-order chi connectivity index (χ0) is 15.3. The van der Waals surface area contributed by atoms with Crippen molar-refractivity contribution in [1.82, 2.24) is 4.98 Å². The average Bonchev–Trinajstić information content (AvgIpc) is 3.12. The second kappa shape index (κ2) is 5.12. The lowest BCUT2D eigenvalue weighted by Crippen LogP contribution is -2.19. The number of hydrogen-bond donors (Lipinski definition) is 1. The third-order valence-electron chi connectivity index (χ3n) is 6.03. The quantitative estimate of drug-likeness (QED) is 0.880. The lowest BCUT2D eigenvalue weighted by Gasteiger charge is -2.32. The normalized spacial score (nSPS) is 29.9. The smallest absolute Gasteiger partial charge is 0.123 e. The third kappa shape index (κ3) is 2.13. The van der Waals surface area contributed by atoms with Crippen molar-refractivity contribution in [2.24, 2.45) is 11.8 Å². The number of nitrogens with zero attached hydrogens (tertiary/aromatic N) is 1. The van der Waals surface area contributed by atoms with Gasteiger partial charge in [0, 0.05) is 6.20 Å². The molecule has 2 heteroatoms. The Hall–Kier alpha value is -1.83. The van der Waals surface area contributed by atoms with Gasteiger partial charge >= 0.3 is 0 Å². The van der Waals surface area contributed by atoms with E-state index in [4.69, 9.17) is 5.73 Å². The predicted molar refractivity (Wildman–Crippen MR) is 90.9 cm³/mol. The van der Waals surface area contributed by atoms with Crippen LogP contribution in [0.2, 0.25) is 0 Å². The van der Waals surface area contributed by atoms with Crippen LogP contribution < -0.4 is 5.73 Å². The second-order valence-corrected chi connectivity index (χ2v) is 7.24. The molecule has 4 unspecified atom stereocenters. The molecule has 2 aliphatic carbocycles. The first-order valence-electron chi connectivity index (χ1n) is 8.42. The first-order valence-corrected chi connectivity index (χ1v) is 8.42. The maximum absolute atomic E-state index is 5.77. The molecule has 0 spiro atoms. The molecular weight excluding hydrogens is 268 g/mol. The van der Waals surface area contributed by atoms with Gasteiger partial charge in [-0.2, -0.15) is 0 Å². The molecule has 4 rings (SSSR count). The van der Waals surface area contributed by atoms with Crippen LogP contribution in [0.4, 0.5) is 5.82 Å². The zero-order valence-corrected chi connectivity index (χ0v) is 13.4. The van der Waals surface area contributed by atoms with Crippen molar-refractivity contribution >= 4 is 5.82 Å². The fourth-order valence-corrected chi connectivity index (χ4v) is 4.84. The van der Waals surface area contributed by atoms with Crippen LogP contribution in [0, 0.1) is 25.7 Å². The van der Waals surface area contributed by atoms with Gasteiger partial charge < -0.3 is 5.73 Å². The molecule has 1 aromatic carbocycles. The molecule has 2 fully saturated rings. The van der Waals surface area contributed by atoms with Crippen molar-refractivity contribution in [3.8, 4) is 0 Å². The van der Waals surface area contributed by atoms with E-state index in [-0.39, 0.29) is 0 Å². The van der Waals surface area contributed by atoms with Crippen LogP contribution >= 0.6 is 0 Å². The van der Waals surface area contributed by atoms with Gasteiger partial charge in [-0.05, 0) is 85.1 Å². The van der Waals surface area contributed by atoms with Crippen molar-refractivity contribution in [1.29, 1.82) is 0 Å². The molecule has 2 aliphatic rings. The number of nitrogen functional groups attached to an aromatic ring is 1. The molecule has 2 saturated carbocycles. The molecule has 0 saturated heterocycles. The number of hydrogen-bond acceptors (Lipinski definition) is 2. The summed E-state index contributed by atoms with van der Waals surface area (Å²) in [6.45, 7) is 4.42. The summed E-state index contributed by atoms with van der Waals surface area (Å²) in [6, 6.07) is 11.2. The van der Waals surface area contributed by atoms with Crippen LogP contribution in [0.25, 0.3) is 0 Å². The number of nitrogens with two attached hydrogens (primary N) is 1. The molecule has 2 aromatic rings. The Bertz CT molecular complexity index is 689. The first-order chi connectivity index (χ1) is 10.6. The number of benzene rings is 1. The summed E-state index contributed by atoms with van der Waals surface area (Å²) >= 11 is 0. The Morgan fingerprint density at radius 3 is 2.23 bits per heavy atom. The van der Waals surface area contributed by atoms with E-state index in [1.807, 2.05) is 12.3 Å². The highest BCUT2D eigenvalue weighted by Gasteiger charge is 2.48.